The molecule has 4 rings (SSSR count). The highest BCUT2D eigenvalue weighted by Gasteiger charge is 2.45. The second kappa shape index (κ2) is 7.21. The number of carbonyl (C=O) groups excluding carboxylic acids is 4. The van der Waals surface area contributed by atoms with Crippen molar-refractivity contribution < 1.29 is 19.2 Å². The van der Waals surface area contributed by atoms with Crippen molar-refractivity contribution in [2.45, 2.75) is 38.3 Å². The Bertz CT molecular complexity index is 909. The monoisotopic (exact) mass is 379 g/mol. The van der Waals surface area contributed by atoms with Crippen molar-refractivity contribution in [2.75, 3.05) is 13.1 Å². The zero-order valence-electron chi connectivity index (χ0n) is 15.4. The summed E-state index contributed by atoms with van der Waals surface area (Å²) in [6, 6.07) is 4.30. The molecule has 3 heterocycles. The maximum Gasteiger partial charge on any atom is 0.262 e. The smallest absolute Gasteiger partial charge is 0.262 e. The van der Waals surface area contributed by atoms with Crippen LogP contribution in [0.2, 0.25) is 0 Å². The molecule has 4 amide bonds. The quantitative estimate of drug-likeness (QED) is 0.624. The first-order valence-corrected chi connectivity index (χ1v) is 9.51. The highest BCUT2D eigenvalue weighted by Crippen LogP contribution is 2.31. The lowest BCUT2D eigenvalue weighted by molar-refractivity contribution is -0.136. The van der Waals surface area contributed by atoms with Gasteiger partial charge in [0.05, 0.1) is 11.1 Å². The number of imide groups is 2. The van der Waals surface area contributed by atoms with Gasteiger partial charge in [-0.1, -0.05) is 12.1 Å². The molecule has 0 radical (unpaired) electrons. The number of piperidine rings is 2. The summed E-state index contributed by atoms with van der Waals surface area (Å²) in [7, 11) is 0. The van der Waals surface area contributed by atoms with Crippen molar-refractivity contribution in [3.05, 3.63) is 34.9 Å². The molecule has 0 spiro atoms. The number of likely N-dealkylation sites (tertiary alicyclic amines) is 1. The summed E-state index contributed by atoms with van der Waals surface area (Å²) in [5.74, 6) is 1.19. The minimum Gasteiger partial charge on any atom is -0.299 e. The summed E-state index contributed by atoms with van der Waals surface area (Å²) in [6.45, 7) is 2.25. The van der Waals surface area contributed by atoms with E-state index in [2.05, 4.69) is 16.1 Å². The summed E-state index contributed by atoms with van der Waals surface area (Å²) >= 11 is 0. The van der Waals surface area contributed by atoms with Gasteiger partial charge in [-0.05, 0) is 44.0 Å². The number of amides is 4. The van der Waals surface area contributed by atoms with Gasteiger partial charge in [0.15, 0.2) is 0 Å². The van der Waals surface area contributed by atoms with Crippen LogP contribution in [-0.2, 0) is 16.1 Å². The molecule has 1 aromatic carbocycles. The SMILES string of the molecule is C#CC1CCN(Cc2cccc3c2C(=O)N(C2CCC(=O)NC2=O)C3=O)CC1. The predicted octanol–water partition coefficient (Wildman–Crippen LogP) is 0.933. The Morgan fingerprint density at radius 3 is 2.50 bits per heavy atom. The molecule has 1 atom stereocenters. The van der Waals surface area contributed by atoms with Crippen molar-refractivity contribution >= 4 is 23.6 Å². The highest BCUT2D eigenvalue weighted by molar-refractivity contribution is 6.24. The van der Waals surface area contributed by atoms with Crippen molar-refractivity contribution in [2.24, 2.45) is 5.92 Å². The second-order valence-corrected chi connectivity index (χ2v) is 7.50. The average molecular weight is 379 g/mol. The molecule has 0 aliphatic carbocycles. The number of hydrogen-bond donors (Lipinski definition) is 1. The number of nitrogens with one attached hydrogen (secondary N) is 1. The van der Waals surface area contributed by atoms with E-state index in [1.165, 1.54) is 0 Å². The topological polar surface area (TPSA) is 86.8 Å². The Morgan fingerprint density at radius 2 is 1.82 bits per heavy atom. The van der Waals surface area contributed by atoms with Crippen LogP contribution in [0.4, 0.5) is 0 Å². The normalized spacial score (nSPS) is 23.5. The Balaban J connectivity index is 1.57. The van der Waals surface area contributed by atoms with Crippen LogP contribution in [0.1, 0.15) is 52.0 Å². The van der Waals surface area contributed by atoms with Crippen LogP contribution in [0.5, 0.6) is 0 Å². The zero-order chi connectivity index (χ0) is 19.8. The number of hydrogen-bond acceptors (Lipinski definition) is 5. The fraction of sp³-hybridized carbons (Fsp3) is 0.429. The molecule has 0 saturated carbocycles. The van der Waals surface area contributed by atoms with Gasteiger partial charge < -0.3 is 0 Å². The van der Waals surface area contributed by atoms with Gasteiger partial charge in [0.2, 0.25) is 11.8 Å². The molecular weight excluding hydrogens is 358 g/mol. The molecule has 3 aliphatic rings. The Kier molecular flexibility index (Phi) is 4.73. The van der Waals surface area contributed by atoms with E-state index in [0.29, 0.717) is 23.6 Å². The summed E-state index contributed by atoms with van der Waals surface area (Å²) in [5.41, 5.74) is 1.48. The van der Waals surface area contributed by atoms with Gasteiger partial charge in [-0.15, -0.1) is 12.3 Å². The van der Waals surface area contributed by atoms with E-state index in [1.807, 2.05) is 6.07 Å². The van der Waals surface area contributed by atoms with E-state index in [9.17, 15) is 19.2 Å². The van der Waals surface area contributed by atoms with Crippen LogP contribution in [0.25, 0.3) is 0 Å². The van der Waals surface area contributed by atoms with E-state index in [4.69, 9.17) is 6.42 Å². The molecule has 28 heavy (non-hydrogen) atoms. The van der Waals surface area contributed by atoms with Gasteiger partial charge in [0.25, 0.3) is 11.8 Å². The Morgan fingerprint density at radius 1 is 1.07 bits per heavy atom. The third-order valence-corrected chi connectivity index (χ3v) is 5.77. The van der Waals surface area contributed by atoms with Gasteiger partial charge in [0.1, 0.15) is 6.04 Å². The Labute approximate surface area is 163 Å². The highest BCUT2D eigenvalue weighted by atomic mass is 16.2. The van der Waals surface area contributed by atoms with Crippen LogP contribution < -0.4 is 5.32 Å². The molecular formula is C21H21N3O4. The molecule has 144 valence electrons. The second-order valence-electron chi connectivity index (χ2n) is 7.50. The largest absolute Gasteiger partial charge is 0.299 e. The van der Waals surface area contributed by atoms with Crippen molar-refractivity contribution in [1.82, 2.24) is 15.1 Å². The molecule has 1 aromatic rings. The van der Waals surface area contributed by atoms with E-state index in [1.54, 1.807) is 12.1 Å². The number of carbonyl (C=O) groups is 4. The lowest BCUT2D eigenvalue weighted by Crippen LogP contribution is -2.54. The van der Waals surface area contributed by atoms with E-state index >= 15 is 0 Å². The van der Waals surface area contributed by atoms with Gasteiger partial charge in [0, 0.05) is 18.9 Å². The third kappa shape index (κ3) is 3.10. The number of nitrogens with zero attached hydrogens (tertiary/aromatic N) is 2. The molecule has 7 heteroatoms. The summed E-state index contributed by atoms with van der Waals surface area (Å²) in [5, 5.41) is 2.22. The fourth-order valence-electron chi connectivity index (χ4n) is 4.22. The zero-order valence-corrected chi connectivity index (χ0v) is 15.4. The molecule has 0 aromatic heterocycles. The summed E-state index contributed by atoms with van der Waals surface area (Å²) in [4.78, 5) is 52.8. The molecule has 2 fully saturated rings. The van der Waals surface area contributed by atoms with E-state index in [0.717, 1.165) is 36.4 Å². The van der Waals surface area contributed by atoms with E-state index in [-0.39, 0.29) is 18.7 Å². The van der Waals surface area contributed by atoms with Gasteiger partial charge in [-0.25, -0.2) is 0 Å². The van der Waals surface area contributed by atoms with Crippen LogP contribution in [0.3, 0.4) is 0 Å². The molecule has 7 nitrogen and oxygen atoms in total. The number of fused-ring (bicyclic) bond motifs is 1. The number of terminal acetylenes is 1. The molecule has 1 N–H and O–H groups in total. The van der Waals surface area contributed by atoms with Crippen LogP contribution in [-0.4, -0.2) is 52.6 Å². The van der Waals surface area contributed by atoms with Gasteiger partial charge in [-0.3, -0.25) is 34.3 Å². The van der Waals surface area contributed by atoms with E-state index < -0.39 is 23.8 Å². The lowest BCUT2D eigenvalue weighted by atomic mass is 9.96. The minimum atomic E-state index is -0.940. The maximum absolute atomic E-state index is 13.1. The van der Waals surface area contributed by atoms with Gasteiger partial charge >= 0.3 is 0 Å². The Hall–Kier alpha value is -2.98. The first kappa shape index (κ1) is 18.4. The van der Waals surface area contributed by atoms with Crippen molar-refractivity contribution in [3.63, 3.8) is 0 Å². The van der Waals surface area contributed by atoms with Crippen LogP contribution in [0.15, 0.2) is 18.2 Å². The minimum absolute atomic E-state index is 0.112. The van der Waals surface area contributed by atoms with Crippen molar-refractivity contribution in [1.29, 1.82) is 0 Å². The molecule has 2 saturated heterocycles. The molecule has 3 aliphatic heterocycles. The fourth-order valence-corrected chi connectivity index (χ4v) is 4.22. The first-order valence-electron chi connectivity index (χ1n) is 9.51. The first-order chi connectivity index (χ1) is 13.5. The number of benzene rings is 1. The standard InChI is InChI=1S/C21H21N3O4/c1-2-13-8-10-23(11-9-13)12-14-4-3-5-15-18(14)21(28)24(20(15)27)16-6-7-17(25)22-19(16)26/h1,3-5,13,16H,6-12H2,(H,22,25,26). The maximum atomic E-state index is 13.1. The third-order valence-electron chi connectivity index (χ3n) is 5.77. The van der Waals surface area contributed by atoms with Gasteiger partial charge in [-0.2, -0.15) is 0 Å². The van der Waals surface area contributed by atoms with Crippen molar-refractivity contribution in [3.8, 4) is 12.3 Å². The average Bonchev–Trinajstić information content (AvgIpc) is 2.94. The molecule has 0 bridgehead atoms. The number of rotatable bonds is 3. The molecule has 1 unspecified atom stereocenters. The van der Waals surface area contributed by atoms with Crippen LogP contribution in [0, 0.1) is 18.3 Å². The summed E-state index contributed by atoms with van der Waals surface area (Å²) in [6.07, 6.45) is 7.61. The van der Waals surface area contributed by atoms with Crippen LogP contribution >= 0.6 is 0 Å². The lowest BCUT2D eigenvalue weighted by Gasteiger charge is -2.30. The summed E-state index contributed by atoms with van der Waals surface area (Å²) < 4.78 is 0. The predicted molar refractivity (Wildman–Crippen MR) is 99.9 cm³/mol.